The topological polar surface area (TPSA) is 55.8 Å². The summed E-state index contributed by atoms with van der Waals surface area (Å²) in [6.45, 7) is 1.46. The summed E-state index contributed by atoms with van der Waals surface area (Å²) in [6.07, 6.45) is 1.49. The molecule has 0 bridgehead atoms. The quantitative estimate of drug-likeness (QED) is 0.749. The van der Waals surface area contributed by atoms with Gasteiger partial charge in [-0.05, 0) is 18.4 Å². The van der Waals surface area contributed by atoms with Gasteiger partial charge in [0.2, 0.25) is 0 Å². The number of amides is 1. The highest BCUT2D eigenvalue weighted by Gasteiger charge is 2.28. The minimum atomic E-state index is -0.369. The molecule has 1 heterocycles. The minimum absolute atomic E-state index is 0.0414. The predicted molar refractivity (Wildman–Crippen MR) is 77.5 cm³/mol. The summed E-state index contributed by atoms with van der Waals surface area (Å²) in [6, 6.07) is 9.74. The first-order valence-corrected chi connectivity index (χ1v) is 7.22. The van der Waals surface area contributed by atoms with E-state index in [0.717, 1.165) is 18.4 Å². The van der Waals surface area contributed by atoms with E-state index >= 15 is 0 Å². The fourth-order valence-corrected chi connectivity index (χ4v) is 2.38. The number of esters is 1. The van der Waals surface area contributed by atoms with Gasteiger partial charge in [0.25, 0.3) is 5.91 Å². The van der Waals surface area contributed by atoms with E-state index in [1.807, 2.05) is 30.3 Å². The standard InChI is InChI=1S/C16H21NO4/c1-20-15(18)9-10-17(12-13-6-3-2-4-7-13)16(19)14-8-5-11-21-14/h2-4,6-7,14H,5,8-12H2,1H3. The highest BCUT2D eigenvalue weighted by atomic mass is 16.5. The Morgan fingerprint density at radius 3 is 2.71 bits per heavy atom. The second-order valence-electron chi connectivity index (χ2n) is 5.07. The maximum atomic E-state index is 12.5. The van der Waals surface area contributed by atoms with Crippen LogP contribution in [0, 0.1) is 0 Å². The smallest absolute Gasteiger partial charge is 0.307 e. The van der Waals surface area contributed by atoms with Crippen molar-refractivity contribution in [2.45, 2.75) is 31.9 Å². The van der Waals surface area contributed by atoms with Crippen LogP contribution in [0.5, 0.6) is 0 Å². The zero-order valence-electron chi connectivity index (χ0n) is 12.3. The maximum absolute atomic E-state index is 12.5. The maximum Gasteiger partial charge on any atom is 0.307 e. The molecule has 1 aromatic rings. The molecule has 1 fully saturated rings. The number of carbonyl (C=O) groups excluding carboxylic acids is 2. The fourth-order valence-electron chi connectivity index (χ4n) is 2.38. The van der Waals surface area contributed by atoms with Crippen LogP contribution < -0.4 is 0 Å². The summed E-state index contributed by atoms with van der Waals surface area (Å²) in [5, 5.41) is 0. The number of carbonyl (C=O) groups is 2. The minimum Gasteiger partial charge on any atom is -0.469 e. The van der Waals surface area contributed by atoms with Crippen LogP contribution in [0.25, 0.3) is 0 Å². The predicted octanol–water partition coefficient (Wildman–Crippen LogP) is 1.76. The van der Waals surface area contributed by atoms with Crippen molar-refractivity contribution in [2.24, 2.45) is 0 Å². The monoisotopic (exact) mass is 291 g/mol. The van der Waals surface area contributed by atoms with E-state index in [4.69, 9.17) is 4.74 Å². The first kappa shape index (κ1) is 15.5. The molecule has 1 aliphatic heterocycles. The molecule has 5 heteroatoms. The Morgan fingerprint density at radius 1 is 1.33 bits per heavy atom. The number of nitrogens with zero attached hydrogens (tertiary/aromatic N) is 1. The highest BCUT2D eigenvalue weighted by molar-refractivity contribution is 5.81. The van der Waals surface area contributed by atoms with E-state index in [2.05, 4.69) is 4.74 Å². The fraction of sp³-hybridized carbons (Fsp3) is 0.500. The highest BCUT2D eigenvalue weighted by Crippen LogP contribution is 2.17. The van der Waals surface area contributed by atoms with Gasteiger partial charge in [-0.3, -0.25) is 9.59 Å². The zero-order valence-corrected chi connectivity index (χ0v) is 12.3. The van der Waals surface area contributed by atoms with Gasteiger partial charge in [0.15, 0.2) is 0 Å². The third-order valence-electron chi connectivity index (χ3n) is 3.55. The lowest BCUT2D eigenvalue weighted by atomic mass is 10.1. The van der Waals surface area contributed by atoms with Gasteiger partial charge in [-0.15, -0.1) is 0 Å². The number of rotatable bonds is 6. The number of hydrogen-bond donors (Lipinski definition) is 0. The largest absolute Gasteiger partial charge is 0.469 e. The second-order valence-corrected chi connectivity index (χ2v) is 5.07. The lowest BCUT2D eigenvalue weighted by molar-refractivity contribution is -0.144. The molecule has 0 radical (unpaired) electrons. The van der Waals surface area contributed by atoms with Gasteiger partial charge in [-0.1, -0.05) is 30.3 Å². The summed E-state index contributed by atoms with van der Waals surface area (Å²) in [4.78, 5) is 25.5. The van der Waals surface area contributed by atoms with Crippen LogP contribution >= 0.6 is 0 Å². The van der Waals surface area contributed by atoms with Gasteiger partial charge in [0.1, 0.15) is 6.10 Å². The molecule has 1 unspecified atom stereocenters. The Labute approximate surface area is 124 Å². The van der Waals surface area contributed by atoms with Crippen LogP contribution in [0.15, 0.2) is 30.3 Å². The number of benzene rings is 1. The summed E-state index contributed by atoms with van der Waals surface area (Å²) in [7, 11) is 1.35. The molecule has 0 spiro atoms. The first-order chi connectivity index (χ1) is 10.2. The second kappa shape index (κ2) is 7.78. The molecule has 5 nitrogen and oxygen atoms in total. The van der Waals surface area contributed by atoms with Crippen molar-refractivity contribution in [3.8, 4) is 0 Å². The van der Waals surface area contributed by atoms with Crippen LogP contribution in [-0.2, 0) is 25.6 Å². The molecule has 0 aliphatic carbocycles. The molecule has 114 valence electrons. The van der Waals surface area contributed by atoms with Gasteiger partial charge in [-0.25, -0.2) is 0 Å². The Balaban J connectivity index is 2.01. The molecule has 21 heavy (non-hydrogen) atoms. The van der Waals surface area contributed by atoms with E-state index in [1.54, 1.807) is 4.90 Å². The summed E-state index contributed by atoms with van der Waals surface area (Å²) in [5.74, 6) is -0.353. The van der Waals surface area contributed by atoms with Crippen molar-refractivity contribution in [1.82, 2.24) is 4.90 Å². The van der Waals surface area contributed by atoms with Crippen LogP contribution in [-0.4, -0.2) is 43.1 Å². The van der Waals surface area contributed by atoms with E-state index in [-0.39, 0.29) is 24.4 Å². The molecular formula is C16H21NO4. The first-order valence-electron chi connectivity index (χ1n) is 7.22. The van der Waals surface area contributed by atoms with E-state index < -0.39 is 0 Å². The average molecular weight is 291 g/mol. The van der Waals surface area contributed by atoms with Crippen molar-refractivity contribution >= 4 is 11.9 Å². The molecule has 0 N–H and O–H groups in total. The Kier molecular flexibility index (Phi) is 5.75. The third-order valence-corrected chi connectivity index (χ3v) is 3.55. The summed E-state index contributed by atoms with van der Waals surface area (Å²) in [5.41, 5.74) is 1.04. The SMILES string of the molecule is COC(=O)CCN(Cc1ccccc1)C(=O)C1CCCO1. The van der Waals surface area contributed by atoms with E-state index in [9.17, 15) is 9.59 Å². The third kappa shape index (κ3) is 4.56. The van der Waals surface area contributed by atoms with Gasteiger partial charge in [0, 0.05) is 19.7 Å². The van der Waals surface area contributed by atoms with Crippen LogP contribution in [0.4, 0.5) is 0 Å². The number of methoxy groups -OCH3 is 1. The molecule has 0 saturated carbocycles. The normalized spacial score (nSPS) is 17.5. The van der Waals surface area contributed by atoms with Gasteiger partial charge in [0.05, 0.1) is 13.5 Å². The molecule has 1 aromatic carbocycles. The van der Waals surface area contributed by atoms with Crippen molar-refractivity contribution in [2.75, 3.05) is 20.3 Å². The van der Waals surface area contributed by atoms with E-state index in [0.29, 0.717) is 19.7 Å². The number of hydrogen-bond acceptors (Lipinski definition) is 4. The number of ether oxygens (including phenoxy) is 2. The van der Waals surface area contributed by atoms with Crippen LogP contribution in [0.2, 0.25) is 0 Å². The lowest BCUT2D eigenvalue weighted by Gasteiger charge is -2.25. The zero-order chi connectivity index (χ0) is 15.1. The van der Waals surface area contributed by atoms with Crippen molar-refractivity contribution in [1.29, 1.82) is 0 Å². The molecule has 1 saturated heterocycles. The summed E-state index contributed by atoms with van der Waals surface area (Å²) >= 11 is 0. The van der Waals surface area contributed by atoms with Crippen LogP contribution in [0.3, 0.4) is 0 Å². The molecule has 1 aliphatic rings. The molecule has 0 aromatic heterocycles. The molecular weight excluding hydrogens is 270 g/mol. The van der Waals surface area contributed by atoms with E-state index in [1.165, 1.54) is 7.11 Å². The Bertz CT molecular complexity index is 468. The lowest BCUT2D eigenvalue weighted by Crippen LogP contribution is -2.39. The van der Waals surface area contributed by atoms with Crippen molar-refractivity contribution in [3.63, 3.8) is 0 Å². The summed E-state index contributed by atoms with van der Waals surface area (Å²) < 4.78 is 10.1. The van der Waals surface area contributed by atoms with Crippen LogP contribution in [0.1, 0.15) is 24.8 Å². The van der Waals surface area contributed by atoms with Gasteiger partial charge < -0.3 is 14.4 Å². The molecule has 1 amide bonds. The van der Waals surface area contributed by atoms with Crippen molar-refractivity contribution < 1.29 is 19.1 Å². The van der Waals surface area contributed by atoms with Gasteiger partial charge in [-0.2, -0.15) is 0 Å². The average Bonchev–Trinajstić information content (AvgIpc) is 3.05. The van der Waals surface area contributed by atoms with Gasteiger partial charge >= 0.3 is 5.97 Å². The Morgan fingerprint density at radius 2 is 2.10 bits per heavy atom. The molecule has 1 atom stereocenters. The van der Waals surface area contributed by atoms with Crippen molar-refractivity contribution in [3.05, 3.63) is 35.9 Å². The Hall–Kier alpha value is -1.88. The molecule has 2 rings (SSSR count).